The summed E-state index contributed by atoms with van der Waals surface area (Å²) in [6, 6.07) is 2.78. The Morgan fingerprint density at radius 3 is 2.58 bits per heavy atom. The quantitative estimate of drug-likeness (QED) is 0.345. The molecule has 5 rings (SSSR count). The Morgan fingerprint density at radius 1 is 1.24 bits per heavy atom. The molecule has 1 fully saturated rings. The topological polar surface area (TPSA) is 133 Å². The molecule has 5 heterocycles. The highest BCUT2D eigenvalue weighted by Crippen LogP contribution is 2.29. The maximum Gasteiger partial charge on any atom is 0.430 e. The summed E-state index contributed by atoms with van der Waals surface area (Å²) in [4.78, 5) is 28.4. The van der Waals surface area contributed by atoms with Gasteiger partial charge in [-0.1, -0.05) is 7.43 Å². The molecule has 10 nitrogen and oxygen atoms in total. The van der Waals surface area contributed by atoms with Crippen molar-refractivity contribution in [2.45, 2.75) is 46.0 Å². The minimum atomic E-state index is -5.19. The lowest BCUT2D eigenvalue weighted by molar-refractivity contribution is -0.909. The highest BCUT2D eigenvalue weighted by Gasteiger charge is 2.30. The smallest absolute Gasteiger partial charge is 0.430 e. The van der Waals surface area contributed by atoms with Crippen molar-refractivity contribution < 1.29 is 32.8 Å². The highest BCUT2D eigenvalue weighted by molar-refractivity contribution is 7.12. The zero-order valence-corrected chi connectivity index (χ0v) is 20.7. The monoisotopic (exact) mass is 551 g/mol. The van der Waals surface area contributed by atoms with Gasteiger partial charge in [-0.15, -0.1) is 11.3 Å². The highest BCUT2D eigenvalue weighted by atomic mass is 32.1. The van der Waals surface area contributed by atoms with Gasteiger partial charge < -0.3 is 20.1 Å². The van der Waals surface area contributed by atoms with Crippen LogP contribution < -0.4 is 15.3 Å². The lowest BCUT2D eigenvalue weighted by Gasteiger charge is -2.17. The van der Waals surface area contributed by atoms with E-state index in [-0.39, 0.29) is 19.4 Å². The molecule has 204 valence electrons. The van der Waals surface area contributed by atoms with Gasteiger partial charge in [0, 0.05) is 41.7 Å². The van der Waals surface area contributed by atoms with Crippen LogP contribution in [-0.4, -0.2) is 68.0 Å². The Labute approximate surface area is 220 Å². The van der Waals surface area contributed by atoms with Crippen LogP contribution in [0.15, 0.2) is 42.4 Å². The van der Waals surface area contributed by atoms with Crippen molar-refractivity contribution >= 4 is 28.9 Å². The van der Waals surface area contributed by atoms with Gasteiger partial charge in [0.2, 0.25) is 0 Å². The maximum absolute atomic E-state index is 12.7. The molecule has 14 heteroatoms. The lowest BCUT2D eigenvalue weighted by atomic mass is 10.1. The van der Waals surface area contributed by atoms with Gasteiger partial charge >= 0.3 is 6.18 Å². The first-order chi connectivity index (χ1) is 17.5. The van der Waals surface area contributed by atoms with Crippen molar-refractivity contribution in [3.63, 3.8) is 0 Å². The second kappa shape index (κ2) is 11.7. The second-order valence-corrected chi connectivity index (χ2v) is 9.78. The minimum absolute atomic E-state index is 0. The average Bonchev–Trinajstić information content (AvgIpc) is 3.64. The molecule has 1 aliphatic rings. The number of likely N-dealkylation sites (tertiary alicyclic amines) is 1. The third-order valence-corrected chi connectivity index (χ3v) is 6.96. The molecule has 1 unspecified atom stereocenters. The number of thiophene rings is 1. The summed E-state index contributed by atoms with van der Waals surface area (Å²) in [6.45, 7) is 6.58. The molecule has 1 aliphatic heterocycles. The number of halogens is 3. The zero-order chi connectivity index (χ0) is 26.7. The molecule has 3 N–H and O–H groups in total. The minimum Gasteiger partial charge on any atom is -0.542 e. The fourth-order valence-corrected chi connectivity index (χ4v) is 4.83. The number of hydrogen-bond acceptors (Lipinski definition) is 7. The van der Waals surface area contributed by atoms with Crippen molar-refractivity contribution in [1.82, 2.24) is 30.1 Å². The van der Waals surface area contributed by atoms with E-state index in [4.69, 9.17) is 9.90 Å². The Bertz CT molecular complexity index is 1380. The van der Waals surface area contributed by atoms with Crippen molar-refractivity contribution in [2.24, 2.45) is 0 Å². The number of rotatable bonds is 5. The third-order valence-electron chi connectivity index (χ3n) is 6.03. The van der Waals surface area contributed by atoms with Crippen LogP contribution in [0.4, 0.5) is 13.2 Å². The number of carbonyl (C=O) groups excluding carboxylic acids is 2. The standard InChI is InChI=1S/C21H23N7OS.C2HF3O2.CH4/c1-13(2)27-4-3-17(11-27)26-21(29)19-5-14(12-30-19)18-9-25-28-10-16(6-22-20(18)28)15-7-23-24-8-15;3-2(4,5)1(6)7;/h5-10,12-13,17H,3-4,11H2,1-2H3,(H,23,24)(H,26,29);(H,6,7);1H4/t17-;;/m1../s1. The Morgan fingerprint density at radius 2 is 1.97 bits per heavy atom. The largest absolute Gasteiger partial charge is 0.542 e. The maximum atomic E-state index is 12.7. The third kappa shape index (κ3) is 6.55. The fraction of sp³-hybridized carbons (Fsp3) is 0.375. The van der Waals surface area contributed by atoms with Crippen LogP contribution in [0.5, 0.6) is 0 Å². The van der Waals surface area contributed by atoms with Crippen LogP contribution in [0, 0.1) is 0 Å². The number of carboxylic acid groups (broad SMARTS) is 1. The molecule has 0 bridgehead atoms. The number of quaternary nitrogens is 1. The summed E-state index contributed by atoms with van der Waals surface area (Å²) in [5, 5.41) is 25.2. The molecule has 0 spiro atoms. The number of fused-ring (bicyclic) bond motifs is 1. The molecule has 4 aromatic rings. The van der Waals surface area contributed by atoms with Crippen molar-refractivity contribution in [3.05, 3.63) is 47.3 Å². The Balaban J connectivity index is 0.000000444. The van der Waals surface area contributed by atoms with Crippen LogP contribution >= 0.6 is 11.3 Å². The molecule has 1 saturated heterocycles. The van der Waals surface area contributed by atoms with Crippen LogP contribution in [0.2, 0.25) is 0 Å². The summed E-state index contributed by atoms with van der Waals surface area (Å²) in [6.07, 6.45) is 4.96. The van der Waals surface area contributed by atoms with Gasteiger partial charge in [0.25, 0.3) is 5.91 Å². The summed E-state index contributed by atoms with van der Waals surface area (Å²) in [5.74, 6) is -3.00. The predicted molar refractivity (Wildman–Crippen MR) is 133 cm³/mol. The van der Waals surface area contributed by atoms with Crippen LogP contribution in [0.1, 0.15) is 37.4 Å². The number of hydrogen-bond donors (Lipinski definition) is 3. The van der Waals surface area contributed by atoms with E-state index in [1.807, 2.05) is 30.0 Å². The molecule has 1 amide bonds. The first-order valence-corrected chi connectivity index (χ1v) is 12.3. The number of aliphatic carboxylic acids is 1. The lowest BCUT2D eigenvalue weighted by Crippen LogP contribution is -3.13. The summed E-state index contributed by atoms with van der Waals surface area (Å²) < 4.78 is 33.3. The second-order valence-electron chi connectivity index (χ2n) is 8.87. The molecule has 0 aliphatic carbocycles. The molecule has 38 heavy (non-hydrogen) atoms. The molecule has 2 atom stereocenters. The number of aromatic nitrogens is 5. The number of H-pyrrole nitrogens is 1. The normalized spacial score (nSPS) is 17.1. The van der Waals surface area contributed by atoms with Gasteiger partial charge in [-0.2, -0.15) is 23.4 Å². The fourth-order valence-electron chi connectivity index (χ4n) is 4.02. The van der Waals surface area contributed by atoms with Gasteiger partial charge in [0.05, 0.1) is 42.4 Å². The first kappa shape index (κ1) is 28.8. The van der Waals surface area contributed by atoms with E-state index in [0.29, 0.717) is 6.04 Å². The molecule has 0 radical (unpaired) electrons. The molecular formula is C24H28F3N7O3S. The van der Waals surface area contributed by atoms with Crippen LogP contribution in [-0.2, 0) is 4.79 Å². The van der Waals surface area contributed by atoms with E-state index < -0.39 is 12.1 Å². The Hall–Kier alpha value is -3.78. The van der Waals surface area contributed by atoms with Gasteiger partial charge in [-0.25, -0.2) is 9.50 Å². The predicted octanol–water partition coefficient (Wildman–Crippen LogP) is 1.58. The van der Waals surface area contributed by atoms with Crippen LogP contribution in [0.3, 0.4) is 0 Å². The van der Waals surface area contributed by atoms with Gasteiger partial charge in [-0.05, 0) is 30.9 Å². The zero-order valence-electron chi connectivity index (χ0n) is 19.9. The molecule has 0 aromatic carbocycles. The molecule has 0 saturated carbocycles. The summed E-state index contributed by atoms with van der Waals surface area (Å²) in [5.41, 5.74) is 4.54. The van der Waals surface area contributed by atoms with Crippen molar-refractivity contribution in [3.8, 4) is 22.3 Å². The van der Waals surface area contributed by atoms with E-state index in [9.17, 15) is 18.0 Å². The summed E-state index contributed by atoms with van der Waals surface area (Å²) >= 11 is 1.46. The number of nitrogens with one attached hydrogen (secondary N) is 3. The van der Waals surface area contributed by atoms with Crippen molar-refractivity contribution in [1.29, 1.82) is 0 Å². The Kier molecular flexibility index (Phi) is 8.89. The van der Waals surface area contributed by atoms with E-state index in [2.05, 4.69) is 39.4 Å². The first-order valence-electron chi connectivity index (χ1n) is 11.4. The summed E-state index contributed by atoms with van der Waals surface area (Å²) in [7, 11) is 0. The van der Waals surface area contributed by atoms with Gasteiger partial charge in [0.15, 0.2) is 5.65 Å². The molecule has 4 aromatic heterocycles. The number of nitrogens with zero attached hydrogens (tertiary/aromatic N) is 4. The number of alkyl halides is 3. The van der Waals surface area contributed by atoms with Gasteiger partial charge in [-0.3, -0.25) is 9.89 Å². The van der Waals surface area contributed by atoms with Crippen LogP contribution in [0.25, 0.3) is 27.9 Å². The SMILES string of the molecule is C.CC(C)[NH+]1CC[C@@H](NC(=O)c2cc(-c3cnn4cc(-c5cn[nH]c5)cnc34)cs2)C1.O=C([O-])C(F)(F)F. The molecular weight excluding hydrogens is 523 g/mol. The average molecular weight is 552 g/mol. The number of carbonyl (C=O) groups is 2. The number of carboxylic acids is 1. The van der Waals surface area contributed by atoms with E-state index in [1.54, 1.807) is 21.8 Å². The van der Waals surface area contributed by atoms with Gasteiger partial charge in [0.1, 0.15) is 5.97 Å². The van der Waals surface area contributed by atoms with E-state index in [1.165, 1.54) is 11.3 Å². The number of aromatic amines is 1. The van der Waals surface area contributed by atoms with E-state index in [0.717, 1.165) is 52.3 Å². The van der Waals surface area contributed by atoms with Crippen molar-refractivity contribution in [2.75, 3.05) is 13.1 Å². The number of amides is 1. The van der Waals surface area contributed by atoms with E-state index >= 15 is 0 Å².